The van der Waals surface area contributed by atoms with Crippen LogP contribution in [0.25, 0.3) is 16.0 Å². The summed E-state index contributed by atoms with van der Waals surface area (Å²) in [6.45, 7) is 52.0. The van der Waals surface area contributed by atoms with Crippen LogP contribution < -0.4 is 0 Å². The Balaban J connectivity index is 0.000000518. The Morgan fingerprint density at radius 1 is 0.343 bits per heavy atom. The molecule has 10 unspecified atom stereocenters. The molecule has 0 amide bonds. The quantitative estimate of drug-likeness (QED) is 0.237. The second-order valence-corrected chi connectivity index (χ2v) is 25.1. The number of hydrogen-bond acceptors (Lipinski definition) is 9. The van der Waals surface area contributed by atoms with E-state index in [0.29, 0.717) is 24.2 Å². The van der Waals surface area contributed by atoms with Crippen molar-refractivity contribution < 1.29 is 98.1 Å². The fourth-order valence-corrected chi connectivity index (χ4v) is 12.1. The summed E-state index contributed by atoms with van der Waals surface area (Å²) in [4.78, 5) is 23.8. The monoisotopic (exact) mass is 1210 g/mol. The molecular weight excluding hydrogens is 1100 g/mol. The molecule has 0 aromatic heterocycles. The van der Waals surface area contributed by atoms with Crippen molar-refractivity contribution in [3.63, 3.8) is 0 Å². The second kappa shape index (κ2) is 35.4. The number of hydrogen-bond donors (Lipinski definition) is 0. The summed E-state index contributed by atoms with van der Waals surface area (Å²) < 4.78 is 0. The van der Waals surface area contributed by atoms with Gasteiger partial charge in [-0.05, 0) is 181 Å². The predicted octanol–water partition coefficient (Wildman–Crippen LogP) is 9.03. The fourth-order valence-electron chi connectivity index (χ4n) is 12.1. The zero-order chi connectivity index (χ0) is 49.3. The largest absolute Gasteiger partial charge is 0.662 e. The van der Waals surface area contributed by atoms with Gasteiger partial charge in [0.2, 0.25) is 0 Å². The maximum absolute atomic E-state index is 5.00. The minimum Gasteiger partial charge on any atom is -0.662 e. The normalized spacial score (nSPS) is 35.9. The van der Waals surface area contributed by atoms with E-state index < -0.39 is 0 Å². The minimum absolute atomic E-state index is 0. The van der Waals surface area contributed by atoms with Crippen molar-refractivity contribution in [3.05, 3.63) is 16.0 Å². The van der Waals surface area contributed by atoms with Gasteiger partial charge in [-0.15, -0.1) is 37.3 Å². The van der Waals surface area contributed by atoms with Crippen molar-refractivity contribution in [1.82, 2.24) is 44.1 Å². The van der Waals surface area contributed by atoms with Crippen LogP contribution in [0, 0.1) is 0 Å². The van der Waals surface area contributed by atoms with Gasteiger partial charge in [-0.2, -0.15) is 0 Å². The van der Waals surface area contributed by atoms with E-state index in [1.54, 1.807) is 0 Å². The molecule has 6 aliphatic heterocycles. The zero-order valence-electron chi connectivity index (χ0n) is 49.0. The molecule has 6 fully saturated rings. The molecule has 0 aliphatic carbocycles. The first kappa shape index (κ1) is 70.8. The van der Waals surface area contributed by atoms with Crippen LogP contribution in [0.2, 0.25) is 0 Å². The van der Waals surface area contributed by atoms with Gasteiger partial charge in [0.25, 0.3) is 0 Å². The van der Waals surface area contributed by atoms with E-state index in [1.807, 2.05) is 0 Å². The molecule has 0 N–H and O–H groups in total. The molecule has 6 aliphatic rings. The fraction of sp³-hybridized carbons (Fsp3) is 1.00. The van der Waals surface area contributed by atoms with Gasteiger partial charge in [-0.3, -0.25) is 19.6 Å². The average Bonchev–Trinajstić information content (AvgIpc) is 3.31. The third-order valence-corrected chi connectivity index (χ3v) is 17.0. The molecule has 15 heteroatoms. The molecule has 3 radical (unpaired) electrons. The van der Waals surface area contributed by atoms with E-state index in [1.165, 1.54) is 156 Å². The van der Waals surface area contributed by atoms with E-state index >= 15 is 0 Å². The molecule has 6 rings (SSSR count). The summed E-state index contributed by atoms with van der Waals surface area (Å²) in [7, 11) is 6.88. The van der Waals surface area contributed by atoms with Crippen molar-refractivity contribution >= 4 is 0 Å². The van der Waals surface area contributed by atoms with Crippen molar-refractivity contribution in [2.45, 2.75) is 206 Å². The first-order chi connectivity index (χ1) is 31.6. The maximum atomic E-state index is 5.00. The molecule has 6 bridgehead atoms. The smallest absolute Gasteiger partial charge is 0.0511 e. The summed E-state index contributed by atoms with van der Waals surface area (Å²) in [5.41, 5.74) is 0.770. The van der Waals surface area contributed by atoms with Crippen LogP contribution in [0.1, 0.15) is 160 Å². The van der Waals surface area contributed by atoms with Gasteiger partial charge in [-0.1, -0.05) is 66.2 Å². The van der Waals surface area contributed by atoms with Gasteiger partial charge in [0.1, 0.15) is 0 Å². The molecule has 70 heavy (non-hydrogen) atoms. The molecular formula is C55H113N12Y3-3. The van der Waals surface area contributed by atoms with Gasteiger partial charge in [0.05, 0.1) is 13.3 Å². The third kappa shape index (κ3) is 26.7. The van der Waals surface area contributed by atoms with E-state index in [2.05, 4.69) is 154 Å². The Kier molecular flexibility index (Phi) is 35.9. The Bertz CT molecular complexity index is 1250. The molecule has 12 nitrogen and oxygen atoms in total. The van der Waals surface area contributed by atoms with Crippen LogP contribution in [0.15, 0.2) is 0 Å². The van der Waals surface area contributed by atoms with Crippen molar-refractivity contribution in [1.29, 1.82) is 0 Å². The van der Waals surface area contributed by atoms with Gasteiger partial charge < -0.3 is 40.4 Å². The number of rotatable bonds is 0. The third-order valence-electron chi connectivity index (χ3n) is 17.0. The first-order valence-corrected chi connectivity index (χ1v) is 28.1. The molecule has 0 saturated carbocycles. The van der Waals surface area contributed by atoms with E-state index in [-0.39, 0.29) is 120 Å². The Hall–Kier alpha value is 2.83. The molecule has 6 saturated heterocycles. The molecule has 6 heterocycles. The SMILES string of the molecule is CC1CC(C)(C)[N-]CCCN2CN1CCCN(C)C(C)(C)CC2C.CC1CC(C)(C)[N-]CCCN2CN1CCCN(C)C(C)(C)CC2C.CN1CCCN2CCC[N-]CCCN(CCC1)CC2.[Y].[Y].[Y]. The van der Waals surface area contributed by atoms with Gasteiger partial charge in [0, 0.05) is 160 Å². The van der Waals surface area contributed by atoms with E-state index in [0.717, 1.165) is 52.4 Å². The van der Waals surface area contributed by atoms with Crippen molar-refractivity contribution in [2.75, 3.05) is 152 Å². The van der Waals surface area contributed by atoms with Crippen LogP contribution >= 0.6 is 0 Å². The molecule has 0 aromatic carbocycles. The van der Waals surface area contributed by atoms with Crippen LogP contribution in [0.5, 0.6) is 0 Å². The molecule has 0 spiro atoms. The second-order valence-electron chi connectivity index (χ2n) is 25.1. The first-order valence-electron chi connectivity index (χ1n) is 28.1. The van der Waals surface area contributed by atoms with E-state index in [9.17, 15) is 0 Å². The molecule has 0 aromatic rings. The topological polar surface area (TPSA) is 71.5 Å². The Morgan fingerprint density at radius 2 is 0.643 bits per heavy atom. The zero-order valence-corrected chi connectivity index (χ0v) is 57.6. The van der Waals surface area contributed by atoms with Crippen LogP contribution in [-0.2, 0) is 98.1 Å². The summed E-state index contributed by atoms with van der Waals surface area (Å²) in [6, 6.07) is 2.41. The molecule has 10 atom stereocenters. The summed E-state index contributed by atoms with van der Waals surface area (Å²) >= 11 is 0. The van der Waals surface area contributed by atoms with Gasteiger partial charge >= 0.3 is 0 Å². The van der Waals surface area contributed by atoms with E-state index in [4.69, 9.17) is 10.6 Å². The average molecular weight is 1210 g/mol. The standard InChI is InChI=1S/2C20H41N4.C15H31N4.3Y/c2*1-17-14-19(3,4)21-10-8-12-23-16-24(17)13-9-11-22(7)20(5,6)15-18(23)2;1-17-8-4-12-18-10-2-6-16-7-3-11-19(15-14-18)13-5-9-17;;;/h2*17-18H,8-16H2,1-7H3;2-15H2,1H3;;;/q3*-1;;;. The maximum Gasteiger partial charge on any atom is 0.0511 e. The summed E-state index contributed by atoms with van der Waals surface area (Å²) in [5, 5.41) is 14.6. The number of fused-ring (bicyclic) bond motifs is 7. The summed E-state index contributed by atoms with van der Waals surface area (Å²) in [6.07, 6.45) is 14.8. The van der Waals surface area contributed by atoms with Crippen molar-refractivity contribution in [3.8, 4) is 0 Å². The Labute approximate surface area is 511 Å². The van der Waals surface area contributed by atoms with Gasteiger partial charge in [0.15, 0.2) is 0 Å². The van der Waals surface area contributed by atoms with Crippen LogP contribution in [0.3, 0.4) is 0 Å². The van der Waals surface area contributed by atoms with Crippen LogP contribution in [0.4, 0.5) is 0 Å². The van der Waals surface area contributed by atoms with Gasteiger partial charge in [-0.25, -0.2) is 0 Å². The Morgan fingerprint density at radius 3 is 1.01 bits per heavy atom. The number of nitrogens with zero attached hydrogens (tertiary/aromatic N) is 12. The predicted molar refractivity (Wildman–Crippen MR) is 291 cm³/mol. The van der Waals surface area contributed by atoms with Crippen LogP contribution in [-0.4, -0.2) is 243 Å². The molecule has 405 valence electrons. The van der Waals surface area contributed by atoms with Crippen molar-refractivity contribution in [2.24, 2.45) is 0 Å². The minimum atomic E-state index is 0. The summed E-state index contributed by atoms with van der Waals surface area (Å²) in [5.74, 6) is 0.